The molecule has 0 fully saturated rings. The Morgan fingerprint density at radius 2 is 2.19 bits per heavy atom. The summed E-state index contributed by atoms with van der Waals surface area (Å²) in [5.41, 5.74) is 0.470. The highest BCUT2D eigenvalue weighted by molar-refractivity contribution is 5.93. The molecule has 0 saturated heterocycles. The molecule has 1 amide bonds. The van der Waals surface area contributed by atoms with Crippen LogP contribution in [0.1, 0.15) is 23.7 Å². The molecule has 86 valence electrons. The first-order valence-corrected chi connectivity index (χ1v) is 5.23. The zero-order valence-electron chi connectivity index (χ0n) is 9.36. The Morgan fingerprint density at radius 3 is 2.75 bits per heavy atom. The second-order valence-electron chi connectivity index (χ2n) is 3.22. The number of anilines is 1. The molecule has 0 radical (unpaired) electrons. The standard InChI is InChI=1S/C11H16N4O/c1-3-5-12-10(16)9-7-14-11(15-8-9)13-6-4-2/h4,7-8H,2-3,5-6H2,1H3,(H,12,16)(H,13,14,15). The van der Waals surface area contributed by atoms with Gasteiger partial charge in [-0.1, -0.05) is 13.0 Å². The molecule has 5 heteroatoms. The molecular weight excluding hydrogens is 204 g/mol. The Kier molecular flexibility index (Phi) is 4.98. The van der Waals surface area contributed by atoms with E-state index >= 15 is 0 Å². The molecule has 1 heterocycles. The van der Waals surface area contributed by atoms with Gasteiger partial charge in [0.2, 0.25) is 5.95 Å². The summed E-state index contributed by atoms with van der Waals surface area (Å²) in [5.74, 6) is 0.351. The van der Waals surface area contributed by atoms with E-state index in [4.69, 9.17) is 0 Å². The molecule has 1 aromatic rings. The smallest absolute Gasteiger partial charge is 0.254 e. The number of nitrogens with zero attached hydrogens (tertiary/aromatic N) is 2. The predicted octanol–water partition coefficient (Wildman–Crippen LogP) is 1.21. The van der Waals surface area contributed by atoms with Gasteiger partial charge in [-0.25, -0.2) is 9.97 Å². The number of aromatic nitrogens is 2. The maximum absolute atomic E-state index is 11.5. The van der Waals surface area contributed by atoms with Crippen molar-refractivity contribution in [1.29, 1.82) is 0 Å². The van der Waals surface area contributed by atoms with Gasteiger partial charge in [0.25, 0.3) is 5.91 Å². The summed E-state index contributed by atoms with van der Waals surface area (Å²) in [4.78, 5) is 19.5. The molecule has 0 bridgehead atoms. The van der Waals surface area contributed by atoms with Crippen LogP contribution in [-0.2, 0) is 0 Å². The molecule has 0 atom stereocenters. The van der Waals surface area contributed by atoms with Gasteiger partial charge in [-0.2, -0.15) is 0 Å². The van der Waals surface area contributed by atoms with E-state index in [0.29, 0.717) is 24.6 Å². The summed E-state index contributed by atoms with van der Waals surface area (Å²) >= 11 is 0. The van der Waals surface area contributed by atoms with Gasteiger partial charge in [-0.15, -0.1) is 6.58 Å². The van der Waals surface area contributed by atoms with Crippen molar-refractivity contribution < 1.29 is 4.79 Å². The highest BCUT2D eigenvalue weighted by Gasteiger charge is 2.05. The minimum atomic E-state index is -0.142. The molecule has 2 N–H and O–H groups in total. The molecule has 5 nitrogen and oxygen atoms in total. The topological polar surface area (TPSA) is 66.9 Å². The van der Waals surface area contributed by atoms with Crippen LogP contribution in [-0.4, -0.2) is 29.0 Å². The Hall–Kier alpha value is -1.91. The van der Waals surface area contributed by atoms with Crippen molar-refractivity contribution in [2.75, 3.05) is 18.4 Å². The third-order valence-corrected chi connectivity index (χ3v) is 1.85. The van der Waals surface area contributed by atoms with Crippen molar-refractivity contribution in [3.8, 4) is 0 Å². The minimum absolute atomic E-state index is 0.142. The molecule has 0 spiro atoms. The quantitative estimate of drug-likeness (QED) is 0.707. The van der Waals surface area contributed by atoms with E-state index in [1.165, 1.54) is 12.4 Å². The zero-order chi connectivity index (χ0) is 11.8. The fourth-order valence-electron chi connectivity index (χ4n) is 1.04. The third-order valence-electron chi connectivity index (χ3n) is 1.85. The van der Waals surface area contributed by atoms with Gasteiger partial charge < -0.3 is 10.6 Å². The maximum atomic E-state index is 11.5. The first-order chi connectivity index (χ1) is 7.77. The van der Waals surface area contributed by atoms with E-state index in [9.17, 15) is 4.79 Å². The molecule has 0 aliphatic rings. The van der Waals surface area contributed by atoms with Gasteiger partial charge in [0, 0.05) is 25.5 Å². The summed E-state index contributed by atoms with van der Waals surface area (Å²) in [6.07, 6.45) is 5.63. The van der Waals surface area contributed by atoms with Crippen LogP contribution in [0.2, 0.25) is 0 Å². The molecule has 1 rings (SSSR count). The second-order valence-corrected chi connectivity index (χ2v) is 3.22. The first kappa shape index (κ1) is 12.2. The Morgan fingerprint density at radius 1 is 1.50 bits per heavy atom. The van der Waals surface area contributed by atoms with Crippen LogP contribution in [0.4, 0.5) is 5.95 Å². The first-order valence-electron chi connectivity index (χ1n) is 5.23. The van der Waals surface area contributed by atoms with E-state index in [-0.39, 0.29) is 5.91 Å². The number of carbonyl (C=O) groups excluding carboxylic acids is 1. The average molecular weight is 220 g/mol. The van der Waals surface area contributed by atoms with Crippen molar-refractivity contribution in [3.63, 3.8) is 0 Å². The lowest BCUT2D eigenvalue weighted by Gasteiger charge is -2.04. The highest BCUT2D eigenvalue weighted by atomic mass is 16.1. The van der Waals surface area contributed by atoms with E-state index in [1.54, 1.807) is 6.08 Å². The average Bonchev–Trinajstić information content (AvgIpc) is 2.34. The minimum Gasteiger partial charge on any atom is -0.352 e. The largest absolute Gasteiger partial charge is 0.352 e. The van der Waals surface area contributed by atoms with E-state index < -0.39 is 0 Å². The SMILES string of the molecule is C=CCNc1ncc(C(=O)NCCC)cn1. The lowest BCUT2D eigenvalue weighted by Crippen LogP contribution is -2.24. The lowest BCUT2D eigenvalue weighted by molar-refractivity contribution is 0.0953. The van der Waals surface area contributed by atoms with Crippen molar-refractivity contribution in [3.05, 3.63) is 30.6 Å². The number of hydrogen-bond acceptors (Lipinski definition) is 4. The number of hydrogen-bond donors (Lipinski definition) is 2. The highest BCUT2D eigenvalue weighted by Crippen LogP contribution is 1.99. The van der Waals surface area contributed by atoms with E-state index in [0.717, 1.165) is 6.42 Å². The summed E-state index contributed by atoms with van der Waals surface area (Å²) in [6, 6.07) is 0. The van der Waals surface area contributed by atoms with Crippen molar-refractivity contribution in [2.45, 2.75) is 13.3 Å². The fourth-order valence-corrected chi connectivity index (χ4v) is 1.04. The molecule has 0 unspecified atom stereocenters. The maximum Gasteiger partial charge on any atom is 0.254 e. The van der Waals surface area contributed by atoms with Gasteiger partial charge in [0.1, 0.15) is 0 Å². The normalized spacial score (nSPS) is 9.56. The third kappa shape index (κ3) is 3.68. The summed E-state index contributed by atoms with van der Waals surface area (Å²) < 4.78 is 0. The van der Waals surface area contributed by atoms with Crippen LogP contribution in [0.5, 0.6) is 0 Å². The Labute approximate surface area is 95.0 Å². The molecule has 0 aliphatic heterocycles. The number of carbonyl (C=O) groups is 1. The van der Waals surface area contributed by atoms with Crippen molar-refractivity contribution in [2.24, 2.45) is 0 Å². The summed E-state index contributed by atoms with van der Waals surface area (Å²) in [5, 5.41) is 5.69. The second kappa shape index (κ2) is 6.55. The van der Waals surface area contributed by atoms with Crippen LogP contribution in [0, 0.1) is 0 Å². The van der Waals surface area contributed by atoms with E-state index in [1.807, 2.05) is 6.92 Å². The van der Waals surface area contributed by atoms with Crippen LogP contribution in [0.15, 0.2) is 25.0 Å². The summed E-state index contributed by atoms with van der Waals surface area (Å²) in [7, 11) is 0. The van der Waals surface area contributed by atoms with Crippen molar-refractivity contribution >= 4 is 11.9 Å². The van der Waals surface area contributed by atoms with Crippen LogP contribution >= 0.6 is 0 Å². The van der Waals surface area contributed by atoms with Crippen molar-refractivity contribution in [1.82, 2.24) is 15.3 Å². The molecule has 0 aliphatic carbocycles. The van der Waals surface area contributed by atoms with E-state index in [2.05, 4.69) is 27.2 Å². The zero-order valence-corrected chi connectivity index (χ0v) is 9.36. The molecule has 1 aromatic heterocycles. The van der Waals surface area contributed by atoms with Crippen LogP contribution in [0.25, 0.3) is 0 Å². The van der Waals surface area contributed by atoms with Gasteiger partial charge in [-0.05, 0) is 6.42 Å². The van der Waals surface area contributed by atoms with Gasteiger partial charge in [0.05, 0.1) is 5.56 Å². The predicted molar refractivity (Wildman–Crippen MR) is 63.3 cm³/mol. The number of rotatable bonds is 6. The Bertz CT molecular complexity index is 348. The molecule has 0 saturated carbocycles. The molecular formula is C11H16N4O. The molecule has 16 heavy (non-hydrogen) atoms. The fraction of sp³-hybridized carbons (Fsp3) is 0.364. The van der Waals surface area contributed by atoms with Crippen LogP contribution < -0.4 is 10.6 Å². The summed E-state index contributed by atoms with van der Waals surface area (Å²) in [6.45, 7) is 6.83. The number of amides is 1. The van der Waals surface area contributed by atoms with Gasteiger partial charge >= 0.3 is 0 Å². The number of nitrogens with one attached hydrogen (secondary N) is 2. The van der Waals surface area contributed by atoms with Gasteiger partial charge in [-0.3, -0.25) is 4.79 Å². The Balaban J connectivity index is 2.56. The molecule has 0 aromatic carbocycles. The van der Waals surface area contributed by atoms with Crippen LogP contribution in [0.3, 0.4) is 0 Å². The monoisotopic (exact) mass is 220 g/mol. The van der Waals surface area contributed by atoms with Gasteiger partial charge in [0.15, 0.2) is 0 Å². The lowest BCUT2D eigenvalue weighted by atomic mass is 10.3.